The second-order valence-corrected chi connectivity index (χ2v) is 7.29. The van der Waals surface area contributed by atoms with E-state index in [2.05, 4.69) is 5.32 Å². The third-order valence-corrected chi connectivity index (χ3v) is 5.24. The molecular formula is C11H23NO3S. The van der Waals surface area contributed by atoms with E-state index >= 15 is 0 Å². The zero-order chi connectivity index (χ0) is 12.2. The Morgan fingerprint density at radius 1 is 1.38 bits per heavy atom. The Morgan fingerprint density at radius 2 is 2.00 bits per heavy atom. The number of sulfone groups is 1. The summed E-state index contributed by atoms with van der Waals surface area (Å²) in [6, 6.07) is 0.443. The van der Waals surface area contributed by atoms with Gasteiger partial charge in [-0.3, -0.25) is 0 Å². The maximum absolute atomic E-state index is 11.5. The molecule has 96 valence electrons. The van der Waals surface area contributed by atoms with Gasteiger partial charge in [-0.15, -0.1) is 0 Å². The summed E-state index contributed by atoms with van der Waals surface area (Å²) in [6.07, 6.45) is 2.40. The van der Waals surface area contributed by atoms with Crippen LogP contribution in [-0.2, 0) is 14.6 Å². The largest absolute Gasteiger partial charge is 0.378 e. The first-order valence-electron chi connectivity index (χ1n) is 6.02. The minimum absolute atomic E-state index is 0.237. The Kier molecular flexibility index (Phi) is 5.21. The highest BCUT2D eigenvalue weighted by molar-refractivity contribution is 7.92. The van der Waals surface area contributed by atoms with E-state index in [0.717, 1.165) is 19.4 Å². The van der Waals surface area contributed by atoms with Gasteiger partial charge in [-0.05, 0) is 33.6 Å². The number of nitrogens with one attached hydrogen (secondary N) is 1. The van der Waals surface area contributed by atoms with Gasteiger partial charge in [0.15, 0.2) is 9.84 Å². The van der Waals surface area contributed by atoms with Gasteiger partial charge in [0.1, 0.15) is 0 Å². The topological polar surface area (TPSA) is 55.4 Å². The third kappa shape index (κ3) is 4.03. The molecule has 1 rings (SSSR count). The highest BCUT2D eigenvalue weighted by atomic mass is 32.2. The molecular weight excluding hydrogens is 226 g/mol. The van der Waals surface area contributed by atoms with Gasteiger partial charge in [0.2, 0.25) is 0 Å². The fourth-order valence-corrected chi connectivity index (χ4v) is 2.62. The number of hydrogen-bond donors (Lipinski definition) is 1. The summed E-state index contributed by atoms with van der Waals surface area (Å²) in [4.78, 5) is 0. The second-order valence-electron chi connectivity index (χ2n) is 4.62. The van der Waals surface area contributed by atoms with E-state index in [4.69, 9.17) is 4.74 Å². The monoisotopic (exact) mass is 249 g/mol. The SMILES string of the molecule is CCOC1CC(NCCS(=O)(=O)C(C)C)C1. The van der Waals surface area contributed by atoms with E-state index in [-0.39, 0.29) is 11.0 Å². The molecule has 0 aromatic heterocycles. The van der Waals surface area contributed by atoms with Gasteiger partial charge >= 0.3 is 0 Å². The van der Waals surface area contributed by atoms with Crippen molar-refractivity contribution in [2.45, 2.75) is 51.0 Å². The average molecular weight is 249 g/mol. The molecule has 1 saturated carbocycles. The molecule has 0 radical (unpaired) electrons. The van der Waals surface area contributed by atoms with Crippen LogP contribution in [0.5, 0.6) is 0 Å². The van der Waals surface area contributed by atoms with Crippen molar-refractivity contribution in [3.8, 4) is 0 Å². The molecule has 0 saturated heterocycles. The van der Waals surface area contributed by atoms with Crippen molar-refractivity contribution < 1.29 is 13.2 Å². The standard InChI is InChI=1S/C11H23NO3S/c1-4-15-11-7-10(8-11)12-5-6-16(13,14)9(2)3/h9-12H,4-8H2,1-3H3. The third-order valence-electron chi connectivity index (χ3n) is 3.04. The van der Waals surface area contributed by atoms with E-state index in [1.54, 1.807) is 13.8 Å². The summed E-state index contributed by atoms with van der Waals surface area (Å²) in [5, 5.41) is 2.99. The molecule has 0 heterocycles. The van der Waals surface area contributed by atoms with Gasteiger partial charge in [0.25, 0.3) is 0 Å². The van der Waals surface area contributed by atoms with Crippen LogP contribution in [0, 0.1) is 0 Å². The molecule has 1 aliphatic rings. The molecule has 1 N–H and O–H groups in total. The van der Waals surface area contributed by atoms with E-state index in [1.807, 2.05) is 6.92 Å². The van der Waals surface area contributed by atoms with Crippen LogP contribution in [0.3, 0.4) is 0 Å². The Bertz CT molecular complexity index is 294. The van der Waals surface area contributed by atoms with Crippen LogP contribution in [-0.4, -0.2) is 44.7 Å². The quantitative estimate of drug-likeness (QED) is 0.730. The summed E-state index contributed by atoms with van der Waals surface area (Å²) in [6.45, 7) is 6.77. The lowest BCUT2D eigenvalue weighted by Crippen LogP contribution is -2.47. The van der Waals surface area contributed by atoms with E-state index in [1.165, 1.54) is 0 Å². The minimum Gasteiger partial charge on any atom is -0.378 e. The van der Waals surface area contributed by atoms with E-state index in [9.17, 15) is 8.42 Å². The maximum atomic E-state index is 11.5. The molecule has 0 spiro atoms. The Hall–Kier alpha value is -0.130. The van der Waals surface area contributed by atoms with Crippen molar-refractivity contribution in [1.29, 1.82) is 0 Å². The minimum atomic E-state index is -2.90. The fraction of sp³-hybridized carbons (Fsp3) is 1.00. The lowest BCUT2D eigenvalue weighted by molar-refractivity contribution is -0.00930. The highest BCUT2D eigenvalue weighted by Crippen LogP contribution is 2.22. The molecule has 4 nitrogen and oxygen atoms in total. The molecule has 0 bridgehead atoms. The van der Waals surface area contributed by atoms with Crippen molar-refractivity contribution in [2.24, 2.45) is 0 Å². The Balaban J connectivity index is 2.10. The van der Waals surface area contributed by atoms with Crippen LogP contribution in [0.15, 0.2) is 0 Å². The summed E-state index contributed by atoms with van der Waals surface area (Å²) < 4.78 is 28.5. The zero-order valence-corrected chi connectivity index (χ0v) is 11.2. The Morgan fingerprint density at radius 3 is 2.50 bits per heavy atom. The first-order chi connectivity index (χ1) is 7.45. The molecule has 16 heavy (non-hydrogen) atoms. The molecule has 0 amide bonds. The van der Waals surface area contributed by atoms with Gasteiger partial charge in [-0.25, -0.2) is 8.42 Å². The van der Waals surface area contributed by atoms with Crippen LogP contribution in [0.25, 0.3) is 0 Å². The molecule has 0 unspecified atom stereocenters. The summed E-state index contributed by atoms with van der Waals surface area (Å²) in [7, 11) is -2.90. The molecule has 0 aromatic carbocycles. The molecule has 0 atom stereocenters. The van der Waals surface area contributed by atoms with E-state index < -0.39 is 9.84 Å². The molecule has 1 fully saturated rings. The van der Waals surface area contributed by atoms with Gasteiger partial charge in [-0.1, -0.05) is 0 Å². The van der Waals surface area contributed by atoms with Crippen molar-refractivity contribution in [1.82, 2.24) is 5.32 Å². The van der Waals surface area contributed by atoms with Crippen molar-refractivity contribution in [3.05, 3.63) is 0 Å². The molecule has 1 aliphatic carbocycles. The smallest absolute Gasteiger partial charge is 0.153 e. The van der Waals surface area contributed by atoms with Crippen LogP contribution in [0.2, 0.25) is 0 Å². The van der Waals surface area contributed by atoms with Crippen LogP contribution in [0.4, 0.5) is 0 Å². The van der Waals surface area contributed by atoms with Crippen molar-refractivity contribution in [2.75, 3.05) is 18.9 Å². The van der Waals surface area contributed by atoms with Gasteiger partial charge in [0, 0.05) is 19.2 Å². The van der Waals surface area contributed by atoms with Crippen LogP contribution < -0.4 is 5.32 Å². The summed E-state index contributed by atoms with van der Waals surface area (Å²) >= 11 is 0. The van der Waals surface area contributed by atoms with Crippen LogP contribution >= 0.6 is 0 Å². The van der Waals surface area contributed by atoms with Gasteiger partial charge in [-0.2, -0.15) is 0 Å². The lowest BCUT2D eigenvalue weighted by Gasteiger charge is -2.35. The van der Waals surface area contributed by atoms with Crippen LogP contribution in [0.1, 0.15) is 33.6 Å². The van der Waals surface area contributed by atoms with Crippen molar-refractivity contribution >= 4 is 9.84 Å². The Labute approximate surface area is 98.7 Å². The predicted octanol–water partition coefficient (Wildman–Crippen LogP) is 0.967. The first-order valence-corrected chi connectivity index (χ1v) is 7.73. The fourth-order valence-electron chi connectivity index (χ4n) is 1.75. The number of rotatable bonds is 7. The van der Waals surface area contributed by atoms with Gasteiger partial charge in [0.05, 0.1) is 17.1 Å². The number of ether oxygens (including phenoxy) is 1. The summed E-state index contributed by atoms with van der Waals surface area (Å²) in [5.74, 6) is 0.237. The maximum Gasteiger partial charge on any atom is 0.153 e. The molecule has 0 aromatic rings. The predicted molar refractivity (Wildman–Crippen MR) is 65.4 cm³/mol. The zero-order valence-electron chi connectivity index (χ0n) is 10.4. The second kappa shape index (κ2) is 5.98. The number of hydrogen-bond acceptors (Lipinski definition) is 4. The van der Waals surface area contributed by atoms with Crippen molar-refractivity contribution in [3.63, 3.8) is 0 Å². The summed E-state index contributed by atoms with van der Waals surface area (Å²) in [5.41, 5.74) is 0. The molecule has 5 heteroatoms. The first kappa shape index (κ1) is 13.9. The van der Waals surface area contributed by atoms with Gasteiger partial charge < -0.3 is 10.1 Å². The normalized spacial score (nSPS) is 25.8. The highest BCUT2D eigenvalue weighted by Gasteiger charge is 2.29. The molecule has 0 aliphatic heterocycles. The lowest BCUT2D eigenvalue weighted by atomic mass is 9.89. The van der Waals surface area contributed by atoms with E-state index in [0.29, 0.717) is 18.7 Å². The average Bonchev–Trinajstić information content (AvgIpc) is 2.13.